The third kappa shape index (κ3) is 3.45. The van der Waals surface area contributed by atoms with Crippen molar-refractivity contribution in [3.63, 3.8) is 0 Å². The van der Waals surface area contributed by atoms with Crippen LogP contribution < -0.4 is 10.6 Å². The van der Waals surface area contributed by atoms with E-state index in [1.54, 1.807) is 0 Å². The molecule has 0 spiro atoms. The summed E-state index contributed by atoms with van der Waals surface area (Å²) in [6.45, 7) is 4.62. The summed E-state index contributed by atoms with van der Waals surface area (Å²) < 4.78 is 0. The second-order valence-corrected chi connectivity index (χ2v) is 5.83. The highest BCUT2D eigenvalue weighted by Gasteiger charge is 2.20. The lowest BCUT2D eigenvalue weighted by Crippen LogP contribution is -2.35. The molecule has 0 aliphatic carbocycles. The van der Waals surface area contributed by atoms with Crippen LogP contribution in [0.15, 0.2) is 24.3 Å². The molecule has 0 saturated carbocycles. The average molecular weight is 262 g/mol. The maximum atomic E-state index is 5.53. The largest absolute Gasteiger partial charge is 0.393 e. The predicted molar refractivity (Wildman–Crippen MR) is 82.2 cm³/mol. The van der Waals surface area contributed by atoms with Gasteiger partial charge in [-0.2, -0.15) is 0 Å². The predicted octanol–water partition coefficient (Wildman–Crippen LogP) is 3.14. The van der Waals surface area contributed by atoms with Crippen LogP contribution in [0.2, 0.25) is 0 Å². The summed E-state index contributed by atoms with van der Waals surface area (Å²) in [7, 11) is 0. The van der Waals surface area contributed by atoms with Crippen LogP contribution in [0.5, 0.6) is 0 Å². The third-order valence-corrected chi connectivity index (χ3v) is 3.74. The van der Waals surface area contributed by atoms with E-state index in [0.29, 0.717) is 4.99 Å². The number of unbranched alkanes of at least 4 members (excludes halogenated alkanes) is 1. The standard InChI is InChI=1S/C15H22N2S/c1-12-10-13-6-2-3-7-14(13)17(11-12)9-5-4-8-15(16)18/h2-3,6-7,12H,4-5,8-11H2,1H3,(H2,16,18). The molecule has 18 heavy (non-hydrogen) atoms. The van der Waals surface area contributed by atoms with Gasteiger partial charge in [0, 0.05) is 18.8 Å². The molecule has 0 saturated heterocycles. The Morgan fingerprint density at radius 1 is 1.39 bits per heavy atom. The smallest absolute Gasteiger partial charge is 0.0727 e. The normalized spacial score (nSPS) is 18.5. The first kappa shape index (κ1) is 13.3. The lowest BCUT2D eigenvalue weighted by molar-refractivity contribution is 0.524. The molecule has 1 aromatic carbocycles. The molecule has 98 valence electrons. The van der Waals surface area contributed by atoms with Gasteiger partial charge in [-0.15, -0.1) is 0 Å². The van der Waals surface area contributed by atoms with Gasteiger partial charge in [0.15, 0.2) is 0 Å². The van der Waals surface area contributed by atoms with E-state index in [9.17, 15) is 0 Å². The molecule has 2 N–H and O–H groups in total. The van der Waals surface area contributed by atoms with Crippen molar-refractivity contribution in [2.75, 3.05) is 18.0 Å². The number of hydrogen-bond acceptors (Lipinski definition) is 2. The van der Waals surface area contributed by atoms with Crippen LogP contribution in [0, 0.1) is 5.92 Å². The fourth-order valence-corrected chi connectivity index (χ4v) is 2.86. The second-order valence-electron chi connectivity index (χ2n) is 5.31. The van der Waals surface area contributed by atoms with Crippen LogP contribution in [-0.2, 0) is 6.42 Å². The van der Waals surface area contributed by atoms with E-state index in [2.05, 4.69) is 36.1 Å². The molecule has 0 bridgehead atoms. The molecule has 1 aliphatic rings. The van der Waals surface area contributed by atoms with Gasteiger partial charge in [0.2, 0.25) is 0 Å². The number of anilines is 1. The molecule has 1 heterocycles. The Hall–Kier alpha value is -1.09. The van der Waals surface area contributed by atoms with Gasteiger partial charge >= 0.3 is 0 Å². The van der Waals surface area contributed by atoms with Crippen LogP contribution in [0.3, 0.4) is 0 Å². The minimum Gasteiger partial charge on any atom is -0.393 e. The van der Waals surface area contributed by atoms with E-state index < -0.39 is 0 Å². The highest BCUT2D eigenvalue weighted by Crippen LogP contribution is 2.29. The number of nitrogens with two attached hydrogens (primary N) is 1. The quantitative estimate of drug-likeness (QED) is 0.653. The van der Waals surface area contributed by atoms with Gasteiger partial charge in [0.1, 0.15) is 0 Å². The monoisotopic (exact) mass is 262 g/mol. The first-order valence-corrected chi connectivity index (χ1v) is 7.19. The van der Waals surface area contributed by atoms with Crippen molar-refractivity contribution in [2.45, 2.75) is 32.6 Å². The Balaban J connectivity index is 1.94. The molecule has 1 aliphatic heterocycles. The highest BCUT2D eigenvalue weighted by molar-refractivity contribution is 7.80. The molecule has 1 atom stereocenters. The van der Waals surface area contributed by atoms with Gasteiger partial charge in [0.25, 0.3) is 0 Å². The van der Waals surface area contributed by atoms with Gasteiger partial charge in [0.05, 0.1) is 4.99 Å². The summed E-state index contributed by atoms with van der Waals surface area (Å²) in [5, 5.41) is 0. The molecule has 1 aromatic rings. The number of para-hydroxylation sites is 1. The van der Waals surface area contributed by atoms with Crippen molar-refractivity contribution < 1.29 is 0 Å². The number of thiocarbonyl (C=S) groups is 1. The van der Waals surface area contributed by atoms with Crippen molar-refractivity contribution in [1.29, 1.82) is 0 Å². The number of rotatable bonds is 5. The van der Waals surface area contributed by atoms with Gasteiger partial charge in [-0.1, -0.05) is 37.3 Å². The summed E-state index contributed by atoms with van der Waals surface area (Å²) in [6.07, 6.45) is 4.35. The Morgan fingerprint density at radius 2 is 2.17 bits per heavy atom. The van der Waals surface area contributed by atoms with Crippen LogP contribution in [0.25, 0.3) is 0 Å². The summed E-state index contributed by atoms with van der Waals surface area (Å²) >= 11 is 4.91. The SMILES string of the molecule is CC1Cc2ccccc2N(CCCCC(N)=S)C1. The lowest BCUT2D eigenvalue weighted by Gasteiger charge is -2.35. The maximum absolute atomic E-state index is 5.53. The van der Waals surface area contributed by atoms with E-state index in [1.165, 1.54) is 30.6 Å². The second kappa shape index (κ2) is 6.19. The van der Waals surface area contributed by atoms with Gasteiger partial charge in [-0.3, -0.25) is 0 Å². The zero-order chi connectivity index (χ0) is 13.0. The van der Waals surface area contributed by atoms with Crippen LogP contribution >= 0.6 is 12.2 Å². The molecule has 0 radical (unpaired) electrons. The lowest BCUT2D eigenvalue weighted by atomic mass is 9.94. The molecular formula is C15H22N2S. The summed E-state index contributed by atoms with van der Waals surface area (Å²) in [5.41, 5.74) is 8.44. The van der Waals surface area contributed by atoms with Crippen LogP contribution in [0.4, 0.5) is 5.69 Å². The summed E-state index contributed by atoms with van der Waals surface area (Å²) in [5.74, 6) is 0.746. The minimum absolute atomic E-state index is 0.641. The van der Waals surface area contributed by atoms with Crippen molar-refractivity contribution in [1.82, 2.24) is 0 Å². The average Bonchev–Trinajstić information content (AvgIpc) is 2.34. The first-order valence-electron chi connectivity index (χ1n) is 6.78. The van der Waals surface area contributed by atoms with Gasteiger partial charge < -0.3 is 10.6 Å². The first-order chi connectivity index (χ1) is 8.66. The number of hydrogen-bond donors (Lipinski definition) is 1. The van der Waals surface area contributed by atoms with Crippen molar-refractivity contribution in [3.05, 3.63) is 29.8 Å². The summed E-state index contributed by atoms with van der Waals surface area (Å²) in [6, 6.07) is 8.78. The fraction of sp³-hybridized carbons (Fsp3) is 0.533. The molecular weight excluding hydrogens is 240 g/mol. The molecule has 0 aromatic heterocycles. The molecule has 2 nitrogen and oxygen atoms in total. The minimum atomic E-state index is 0.641. The fourth-order valence-electron chi connectivity index (χ4n) is 2.72. The zero-order valence-electron chi connectivity index (χ0n) is 11.1. The topological polar surface area (TPSA) is 29.3 Å². The molecule has 0 amide bonds. The van der Waals surface area contributed by atoms with Gasteiger partial charge in [-0.05, 0) is 43.2 Å². The molecule has 3 heteroatoms. The Bertz CT molecular complexity index is 417. The highest BCUT2D eigenvalue weighted by atomic mass is 32.1. The molecule has 0 fully saturated rings. The van der Waals surface area contributed by atoms with E-state index >= 15 is 0 Å². The van der Waals surface area contributed by atoms with E-state index in [4.69, 9.17) is 18.0 Å². The van der Waals surface area contributed by atoms with Crippen LogP contribution in [0.1, 0.15) is 31.7 Å². The Kier molecular flexibility index (Phi) is 4.59. The van der Waals surface area contributed by atoms with Gasteiger partial charge in [-0.25, -0.2) is 0 Å². The molecule has 2 rings (SSSR count). The van der Waals surface area contributed by atoms with Crippen molar-refractivity contribution in [3.8, 4) is 0 Å². The van der Waals surface area contributed by atoms with Crippen molar-refractivity contribution in [2.24, 2.45) is 11.7 Å². The number of fused-ring (bicyclic) bond motifs is 1. The number of benzene rings is 1. The van der Waals surface area contributed by atoms with Crippen LogP contribution in [-0.4, -0.2) is 18.1 Å². The number of nitrogens with zero attached hydrogens (tertiary/aromatic N) is 1. The zero-order valence-corrected chi connectivity index (χ0v) is 11.9. The Morgan fingerprint density at radius 3 is 2.94 bits per heavy atom. The maximum Gasteiger partial charge on any atom is 0.0727 e. The van der Waals surface area contributed by atoms with Crippen molar-refractivity contribution >= 4 is 22.9 Å². The third-order valence-electron chi connectivity index (χ3n) is 3.53. The van der Waals surface area contributed by atoms with E-state index in [1.807, 2.05) is 0 Å². The molecule has 1 unspecified atom stereocenters. The summed E-state index contributed by atoms with van der Waals surface area (Å²) in [4.78, 5) is 3.16. The Labute approximate surface area is 115 Å². The van der Waals surface area contributed by atoms with E-state index in [0.717, 1.165) is 25.3 Å². The van der Waals surface area contributed by atoms with E-state index in [-0.39, 0.29) is 0 Å².